The van der Waals surface area contributed by atoms with Crippen molar-refractivity contribution >= 4 is 11.5 Å². The zero-order valence-electron chi connectivity index (χ0n) is 11.8. The molecule has 1 aromatic heterocycles. The molecular weight excluding hydrogens is 280 g/mol. The molecular formula is C17H14N2O3. The zero-order valence-corrected chi connectivity index (χ0v) is 11.8. The third-order valence-electron chi connectivity index (χ3n) is 3.79. The largest absolute Gasteiger partial charge is 0.454 e. The lowest BCUT2D eigenvalue weighted by Gasteiger charge is -2.21. The van der Waals surface area contributed by atoms with Gasteiger partial charge in [0, 0.05) is 30.1 Å². The topological polar surface area (TPSA) is 60.5 Å². The number of benzene rings is 1. The predicted molar refractivity (Wildman–Crippen MR) is 80.8 cm³/mol. The Morgan fingerprint density at radius 1 is 1.23 bits per heavy atom. The van der Waals surface area contributed by atoms with Crippen molar-refractivity contribution in [1.29, 1.82) is 0 Å². The number of nitrogens with one attached hydrogen (secondary N) is 1. The fraction of sp³-hybridized carbons (Fsp3) is 0.176. The molecule has 2 aromatic rings. The summed E-state index contributed by atoms with van der Waals surface area (Å²) in [5.74, 6) is 1.38. The van der Waals surface area contributed by atoms with E-state index in [1.165, 1.54) is 0 Å². The Kier molecular flexibility index (Phi) is 3.04. The molecule has 0 radical (unpaired) electrons. The van der Waals surface area contributed by atoms with Crippen molar-refractivity contribution in [2.75, 3.05) is 13.3 Å². The summed E-state index contributed by atoms with van der Waals surface area (Å²) in [4.78, 5) is 16.4. The van der Waals surface area contributed by atoms with E-state index in [1.54, 1.807) is 30.5 Å². The Morgan fingerprint density at radius 3 is 2.91 bits per heavy atom. The number of nitrogens with zero attached hydrogens (tertiary/aromatic N) is 1. The normalized spacial score (nSPS) is 17.0. The van der Waals surface area contributed by atoms with E-state index in [1.807, 2.05) is 12.1 Å². The van der Waals surface area contributed by atoms with Crippen molar-refractivity contribution in [1.82, 2.24) is 10.3 Å². The van der Waals surface area contributed by atoms with Gasteiger partial charge >= 0.3 is 0 Å². The highest BCUT2D eigenvalue weighted by atomic mass is 16.7. The molecule has 3 heterocycles. The molecule has 110 valence electrons. The Bertz CT molecular complexity index is 769. The van der Waals surface area contributed by atoms with Crippen LogP contribution in [0.15, 0.2) is 42.6 Å². The minimum absolute atomic E-state index is 0.117. The number of allylic oxidation sites excluding steroid dienone is 1. The highest BCUT2D eigenvalue weighted by Gasteiger charge is 2.22. The van der Waals surface area contributed by atoms with Crippen LogP contribution in [0.2, 0.25) is 0 Å². The van der Waals surface area contributed by atoms with Gasteiger partial charge in [-0.15, -0.1) is 0 Å². The minimum atomic E-state index is -0.117. The fourth-order valence-electron chi connectivity index (χ4n) is 2.71. The van der Waals surface area contributed by atoms with E-state index in [-0.39, 0.29) is 12.6 Å². The first-order chi connectivity index (χ1) is 10.8. The number of hydrogen-bond acceptors (Lipinski definition) is 5. The van der Waals surface area contributed by atoms with E-state index in [9.17, 15) is 4.79 Å². The smallest absolute Gasteiger partial charge is 0.231 e. The van der Waals surface area contributed by atoms with Crippen LogP contribution in [-0.4, -0.2) is 24.1 Å². The van der Waals surface area contributed by atoms with Crippen molar-refractivity contribution in [3.05, 3.63) is 59.4 Å². The van der Waals surface area contributed by atoms with Gasteiger partial charge in [0.25, 0.3) is 0 Å². The Balaban J connectivity index is 1.73. The van der Waals surface area contributed by atoms with Gasteiger partial charge in [-0.25, -0.2) is 0 Å². The molecule has 0 saturated carbocycles. The lowest BCUT2D eigenvalue weighted by molar-refractivity contribution is 0.104. The first kappa shape index (κ1) is 12.9. The van der Waals surface area contributed by atoms with Crippen LogP contribution in [0.3, 0.4) is 0 Å². The summed E-state index contributed by atoms with van der Waals surface area (Å²) in [6, 6.07) is 9.24. The van der Waals surface area contributed by atoms with Crippen LogP contribution in [0, 0.1) is 0 Å². The van der Waals surface area contributed by atoms with Gasteiger partial charge in [-0.1, -0.05) is 6.07 Å². The first-order valence-corrected chi connectivity index (χ1v) is 7.15. The Morgan fingerprint density at radius 2 is 2.09 bits per heavy atom. The van der Waals surface area contributed by atoms with Gasteiger partial charge in [0.1, 0.15) is 5.69 Å². The second-order valence-electron chi connectivity index (χ2n) is 5.18. The number of carbonyl (C=O) groups is 1. The molecule has 0 fully saturated rings. The summed E-state index contributed by atoms with van der Waals surface area (Å²) in [5.41, 5.74) is 3.38. The van der Waals surface area contributed by atoms with E-state index >= 15 is 0 Å². The predicted octanol–water partition coefficient (Wildman–Crippen LogP) is 2.18. The van der Waals surface area contributed by atoms with Crippen LogP contribution in [0.25, 0.3) is 5.70 Å². The maximum atomic E-state index is 12.3. The zero-order chi connectivity index (χ0) is 14.9. The number of carbonyl (C=O) groups excluding carboxylic acids is 1. The molecule has 0 atom stereocenters. The van der Waals surface area contributed by atoms with Crippen molar-refractivity contribution in [3.63, 3.8) is 0 Å². The van der Waals surface area contributed by atoms with Crippen LogP contribution in [0.5, 0.6) is 11.5 Å². The first-order valence-electron chi connectivity index (χ1n) is 7.15. The van der Waals surface area contributed by atoms with E-state index < -0.39 is 0 Å². The lowest BCUT2D eigenvalue weighted by atomic mass is 9.96. The van der Waals surface area contributed by atoms with E-state index in [0.717, 1.165) is 41.3 Å². The van der Waals surface area contributed by atoms with E-state index in [4.69, 9.17) is 9.47 Å². The standard InChI is InChI=1S/C17H14N2O3/c20-15(13-3-1-2-5-18-13)9-14-12-8-17-16(21-10-22-17)7-11(12)4-6-19-14/h1-3,5,7-9,19H,4,6,10H2/b14-9-. The number of aromatic nitrogens is 1. The average molecular weight is 294 g/mol. The van der Waals surface area contributed by atoms with Gasteiger partial charge in [0.2, 0.25) is 12.6 Å². The monoisotopic (exact) mass is 294 g/mol. The SMILES string of the molecule is O=C(/C=C1\NCCc2cc3c(cc21)OCO3)c1ccccn1. The van der Waals surface area contributed by atoms with Gasteiger partial charge in [0.05, 0.1) is 0 Å². The second-order valence-corrected chi connectivity index (χ2v) is 5.18. The molecule has 0 bridgehead atoms. The molecule has 5 heteroatoms. The fourth-order valence-corrected chi connectivity index (χ4v) is 2.71. The second kappa shape index (κ2) is 5.18. The molecule has 5 nitrogen and oxygen atoms in total. The third kappa shape index (κ3) is 2.20. The van der Waals surface area contributed by atoms with Crippen molar-refractivity contribution < 1.29 is 14.3 Å². The van der Waals surface area contributed by atoms with Crippen LogP contribution in [-0.2, 0) is 6.42 Å². The van der Waals surface area contributed by atoms with Gasteiger partial charge in [-0.3, -0.25) is 9.78 Å². The molecule has 2 aliphatic rings. The highest BCUT2D eigenvalue weighted by Crippen LogP contribution is 2.37. The molecule has 1 N–H and O–H groups in total. The summed E-state index contributed by atoms with van der Waals surface area (Å²) >= 11 is 0. The van der Waals surface area contributed by atoms with Gasteiger partial charge in [-0.2, -0.15) is 0 Å². The number of pyridine rings is 1. The number of ether oxygens (including phenoxy) is 2. The number of rotatable bonds is 2. The third-order valence-corrected chi connectivity index (χ3v) is 3.79. The highest BCUT2D eigenvalue weighted by molar-refractivity contribution is 6.07. The Labute approximate surface area is 127 Å². The molecule has 0 spiro atoms. The van der Waals surface area contributed by atoms with Crippen molar-refractivity contribution in [3.8, 4) is 11.5 Å². The molecule has 4 rings (SSSR count). The summed E-state index contributed by atoms with van der Waals surface area (Å²) in [7, 11) is 0. The molecule has 22 heavy (non-hydrogen) atoms. The summed E-state index contributed by atoms with van der Waals surface area (Å²) in [6.45, 7) is 1.03. The van der Waals surface area contributed by atoms with Crippen LogP contribution in [0.1, 0.15) is 21.6 Å². The summed E-state index contributed by atoms with van der Waals surface area (Å²) in [5, 5.41) is 3.28. The van der Waals surface area contributed by atoms with E-state index in [0.29, 0.717) is 5.69 Å². The number of hydrogen-bond donors (Lipinski definition) is 1. The van der Waals surface area contributed by atoms with Crippen LogP contribution in [0.4, 0.5) is 0 Å². The molecule has 0 saturated heterocycles. The van der Waals surface area contributed by atoms with Gasteiger partial charge in [-0.05, 0) is 36.2 Å². The quantitative estimate of drug-likeness (QED) is 0.679. The molecule has 2 aliphatic heterocycles. The number of ketones is 1. The molecule has 0 aliphatic carbocycles. The molecule has 1 aromatic carbocycles. The lowest BCUT2D eigenvalue weighted by Crippen LogP contribution is -2.23. The van der Waals surface area contributed by atoms with E-state index in [2.05, 4.69) is 10.3 Å². The van der Waals surface area contributed by atoms with Gasteiger partial charge in [0.15, 0.2) is 11.5 Å². The van der Waals surface area contributed by atoms with Crippen molar-refractivity contribution in [2.45, 2.75) is 6.42 Å². The summed E-state index contributed by atoms with van der Waals surface area (Å²) in [6.07, 6.45) is 4.11. The van der Waals surface area contributed by atoms with Crippen molar-refractivity contribution in [2.24, 2.45) is 0 Å². The van der Waals surface area contributed by atoms with Crippen LogP contribution < -0.4 is 14.8 Å². The average Bonchev–Trinajstić information content (AvgIpc) is 3.01. The summed E-state index contributed by atoms with van der Waals surface area (Å²) < 4.78 is 10.8. The van der Waals surface area contributed by atoms with Gasteiger partial charge < -0.3 is 14.8 Å². The molecule has 0 amide bonds. The number of fused-ring (bicyclic) bond motifs is 2. The van der Waals surface area contributed by atoms with Crippen LogP contribution >= 0.6 is 0 Å². The maximum Gasteiger partial charge on any atom is 0.231 e. The molecule has 0 unspecified atom stereocenters. The Hall–Kier alpha value is -2.82. The minimum Gasteiger partial charge on any atom is -0.454 e. The maximum absolute atomic E-state index is 12.3.